The number of hydrogen-bond donors (Lipinski definition) is 0. The van der Waals surface area contributed by atoms with Gasteiger partial charge in [-0.25, -0.2) is 8.42 Å². The van der Waals surface area contributed by atoms with E-state index < -0.39 is 10.0 Å². The summed E-state index contributed by atoms with van der Waals surface area (Å²) in [5, 5.41) is 3.72. The molecule has 1 fully saturated rings. The lowest BCUT2D eigenvalue weighted by molar-refractivity contribution is 0.268. The molecular formula is C15H20N2O3S2. The lowest BCUT2D eigenvalue weighted by Gasteiger charge is -2.32. The molecule has 0 N–H and O–H groups in total. The van der Waals surface area contributed by atoms with Crippen molar-refractivity contribution in [1.29, 1.82) is 0 Å². The highest BCUT2D eigenvalue weighted by Crippen LogP contribution is 2.41. The second-order valence-corrected chi connectivity index (χ2v) is 9.01. The molecule has 22 heavy (non-hydrogen) atoms. The Hall–Kier alpha value is -1.18. The van der Waals surface area contributed by atoms with E-state index in [2.05, 4.69) is 5.16 Å². The topological polar surface area (TPSA) is 63.4 Å². The third-order valence-electron chi connectivity index (χ3n) is 4.20. The first-order valence-electron chi connectivity index (χ1n) is 7.46. The molecule has 5 nitrogen and oxygen atoms in total. The zero-order valence-electron chi connectivity index (χ0n) is 13.0. The molecule has 0 spiro atoms. The third-order valence-corrected chi connectivity index (χ3v) is 7.53. The molecule has 1 saturated heterocycles. The van der Waals surface area contributed by atoms with Crippen LogP contribution in [0.5, 0.6) is 0 Å². The molecule has 2 aromatic rings. The highest BCUT2D eigenvalue weighted by molar-refractivity contribution is 7.89. The predicted octanol–water partition coefficient (Wildman–Crippen LogP) is 3.58. The molecule has 0 bridgehead atoms. The van der Waals surface area contributed by atoms with E-state index in [-0.39, 0.29) is 6.04 Å². The molecular weight excluding hydrogens is 320 g/mol. The fourth-order valence-electron chi connectivity index (χ4n) is 3.15. The van der Waals surface area contributed by atoms with Gasteiger partial charge < -0.3 is 4.52 Å². The predicted molar refractivity (Wildman–Crippen MR) is 86.5 cm³/mol. The molecule has 0 aliphatic carbocycles. The van der Waals surface area contributed by atoms with Gasteiger partial charge in [-0.1, -0.05) is 11.6 Å². The van der Waals surface area contributed by atoms with Crippen molar-refractivity contribution in [3.05, 3.63) is 22.0 Å². The van der Waals surface area contributed by atoms with Gasteiger partial charge in [0.25, 0.3) is 0 Å². The van der Waals surface area contributed by atoms with Crippen molar-refractivity contribution >= 4 is 21.4 Å². The van der Waals surface area contributed by atoms with Crippen LogP contribution in [0, 0.1) is 13.8 Å². The van der Waals surface area contributed by atoms with Crippen LogP contribution < -0.4 is 0 Å². The Kier molecular flexibility index (Phi) is 4.13. The maximum atomic E-state index is 13.2. The standard InChI is InChI=1S/C15H20N2O3S2/c1-10-6-4-5-9-17(10)22(18,19)15-12(3)21-11(2)14(15)13-7-8-16-20-13/h7-8,10H,4-6,9H2,1-3H3. The van der Waals surface area contributed by atoms with E-state index in [1.807, 2.05) is 20.8 Å². The van der Waals surface area contributed by atoms with Crippen LogP contribution in [-0.4, -0.2) is 30.5 Å². The molecule has 1 atom stereocenters. The average Bonchev–Trinajstić information content (AvgIpc) is 3.06. The summed E-state index contributed by atoms with van der Waals surface area (Å²) < 4.78 is 33.3. The molecule has 0 saturated carbocycles. The van der Waals surface area contributed by atoms with Crippen LogP contribution in [0.15, 0.2) is 21.7 Å². The van der Waals surface area contributed by atoms with Crippen LogP contribution in [-0.2, 0) is 10.0 Å². The lowest BCUT2D eigenvalue weighted by atomic mass is 10.1. The van der Waals surface area contributed by atoms with Crippen LogP contribution in [0.2, 0.25) is 0 Å². The van der Waals surface area contributed by atoms with Crippen LogP contribution in [0.25, 0.3) is 11.3 Å². The Bertz CT molecular complexity index is 763. The average molecular weight is 340 g/mol. The smallest absolute Gasteiger partial charge is 0.245 e. The highest BCUT2D eigenvalue weighted by Gasteiger charge is 2.36. The Labute approximate surface area is 135 Å². The normalized spacial score (nSPS) is 20.4. The van der Waals surface area contributed by atoms with Crippen LogP contribution in [0.4, 0.5) is 0 Å². The number of thiophene rings is 1. The lowest BCUT2D eigenvalue weighted by Crippen LogP contribution is -2.42. The van der Waals surface area contributed by atoms with Gasteiger partial charge in [-0.05, 0) is 33.6 Å². The largest absolute Gasteiger partial charge is 0.356 e. The zero-order chi connectivity index (χ0) is 15.9. The molecule has 1 aliphatic heterocycles. The van der Waals surface area contributed by atoms with Gasteiger partial charge in [-0.2, -0.15) is 4.31 Å². The van der Waals surface area contributed by atoms with Gasteiger partial charge in [0.2, 0.25) is 10.0 Å². The maximum Gasteiger partial charge on any atom is 0.245 e. The summed E-state index contributed by atoms with van der Waals surface area (Å²) in [4.78, 5) is 2.14. The van der Waals surface area contributed by atoms with E-state index >= 15 is 0 Å². The van der Waals surface area contributed by atoms with Gasteiger partial charge in [0.1, 0.15) is 4.90 Å². The van der Waals surface area contributed by atoms with Crippen molar-refractivity contribution < 1.29 is 12.9 Å². The number of piperidine rings is 1. The van der Waals surface area contributed by atoms with Crippen LogP contribution in [0.3, 0.4) is 0 Å². The summed E-state index contributed by atoms with van der Waals surface area (Å²) in [5.41, 5.74) is 0.665. The number of nitrogens with zero attached hydrogens (tertiary/aromatic N) is 2. The van der Waals surface area contributed by atoms with Gasteiger partial charge >= 0.3 is 0 Å². The summed E-state index contributed by atoms with van der Waals surface area (Å²) in [5.74, 6) is 0.519. The van der Waals surface area contributed by atoms with Gasteiger partial charge in [0, 0.05) is 28.4 Å². The number of aryl methyl sites for hydroxylation is 2. The minimum absolute atomic E-state index is 0.0425. The molecule has 0 radical (unpaired) electrons. The van der Waals surface area contributed by atoms with E-state index in [1.54, 1.807) is 16.6 Å². The van der Waals surface area contributed by atoms with Gasteiger partial charge in [-0.3, -0.25) is 0 Å². The quantitative estimate of drug-likeness (QED) is 0.856. The molecule has 120 valence electrons. The molecule has 3 heterocycles. The molecule has 1 aliphatic rings. The monoisotopic (exact) mass is 340 g/mol. The van der Waals surface area contributed by atoms with E-state index in [0.717, 1.165) is 29.0 Å². The number of rotatable bonds is 3. The highest BCUT2D eigenvalue weighted by atomic mass is 32.2. The summed E-state index contributed by atoms with van der Waals surface area (Å²) in [6.45, 7) is 6.36. The van der Waals surface area contributed by atoms with Gasteiger partial charge in [0.05, 0.1) is 11.8 Å². The van der Waals surface area contributed by atoms with Crippen molar-refractivity contribution in [2.24, 2.45) is 0 Å². The third kappa shape index (κ3) is 2.51. The molecule has 1 unspecified atom stereocenters. The Morgan fingerprint density at radius 2 is 2.09 bits per heavy atom. The SMILES string of the molecule is Cc1sc(C)c(S(=O)(=O)N2CCCCC2C)c1-c1ccno1. The van der Waals surface area contributed by atoms with E-state index in [4.69, 9.17) is 4.52 Å². The molecule has 3 rings (SSSR count). The first-order valence-corrected chi connectivity index (χ1v) is 9.71. The summed E-state index contributed by atoms with van der Waals surface area (Å²) >= 11 is 1.49. The summed E-state index contributed by atoms with van der Waals surface area (Å²) in [7, 11) is -3.52. The number of aromatic nitrogens is 1. The van der Waals surface area contributed by atoms with Crippen molar-refractivity contribution in [3.63, 3.8) is 0 Å². The molecule has 2 aromatic heterocycles. The van der Waals surface area contributed by atoms with Gasteiger partial charge in [0.15, 0.2) is 5.76 Å². The number of sulfonamides is 1. The van der Waals surface area contributed by atoms with E-state index in [9.17, 15) is 8.42 Å². The molecule has 0 aromatic carbocycles. The van der Waals surface area contributed by atoms with Crippen LogP contribution in [0.1, 0.15) is 35.9 Å². The number of hydrogen-bond acceptors (Lipinski definition) is 5. The van der Waals surface area contributed by atoms with Crippen molar-refractivity contribution in [2.45, 2.75) is 51.0 Å². The fourth-order valence-corrected chi connectivity index (χ4v) is 6.67. The first kappa shape index (κ1) is 15.7. The van der Waals surface area contributed by atoms with Crippen molar-refractivity contribution in [2.75, 3.05) is 6.54 Å². The summed E-state index contributed by atoms with van der Waals surface area (Å²) in [6.07, 6.45) is 4.47. The fraction of sp³-hybridized carbons (Fsp3) is 0.533. The zero-order valence-corrected chi connectivity index (χ0v) is 14.6. The maximum absolute atomic E-state index is 13.2. The summed E-state index contributed by atoms with van der Waals surface area (Å²) in [6, 6.07) is 1.76. The Morgan fingerprint density at radius 1 is 1.32 bits per heavy atom. The minimum Gasteiger partial charge on any atom is -0.356 e. The second-order valence-electron chi connectivity index (χ2n) is 5.76. The first-order chi connectivity index (χ1) is 10.4. The van der Waals surface area contributed by atoms with Crippen LogP contribution >= 0.6 is 11.3 Å². The van der Waals surface area contributed by atoms with Crippen molar-refractivity contribution in [3.8, 4) is 11.3 Å². The Morgan fingerprint density at radius 3 is 2.73 bits per heavy atom. The molecule has 7 heteroatoms. The minimum atomic E-state index is -3.52. The van der Waals surface area contributed by atoms with E-state index in [0.29, 0.717) is 22.8 Å². The van der Waals surface area contributed by atoms with Crippen molar-refractivity contribution in [1.82, 2.24) is 9.46 Å². The van der Waals surface area contributed by atoms with Gasteiger partial charge in [-0.15, -0.1) is 11.3 Å². The van der Waals surface area contributed by atoms with E-state index in [1.165, 1.54) is 11.3 Å². The Balaban J connectivity index is 2.15. The second kappa shape index (κ2) is 5.79. The molecule has 0 amide bonds.